The van der Waals surface area contributed by atoms with Crippen molar-refractivity contribution in [2.45, 2.75) is 32.2 Å². The number of para-hydroxylation sites is 1. The average molecular weight is 441 g/mol. The predicted octanol–water partition coefficient (Wildman–Crippen LogP) is 5.67. The predicted molar refractivity (Wildman–Crippen MR) is 135 cm³/mol. The van der Waals surface area contributed by atoms with Crippen LogP contribution in [-0.2, 0) is 16.1 Å². The number of methoxy groups -OCH3 is 1. The Morgan fingerprint density at radius 3 is 2.58 bits per heavy atom. The molecule has 1 N–H and O–H groups in total. The maximum Gasteiger partial charge on any atom is 0.220 e. The largest absolute Gasteiger partial charge is 0.385 e. The van der Waals surface area contributed by atoms with Crippen molar-refractivity contribution in [3.05, 3.63) is 107 Å². The van der Waals surface area contributed by atoms with Crippen molar-refractivity contribution in [3.63, 3.8) is 0 Å². The molecule has 1 aromatic heterocycles. The third-order valence-corrected chi connectivity index (χ3v) is 6.07. The summed E-state index contributed by atoms with van der Waals surface area (Å²) in [4.78, 5) is 12.9. The zero-order valence-electron chi connectivity index (χ0n) is 19.5. The van der Waals surface area contributed by atoms with Gasteiger partial charge in [-0.15, -0.1) is 0 Å². The molecular formula is C29H32N2O2. The Morgan fingerprint density at radius 1 is 1.00 bits per heavy atom. The summed E-state index contributed by atoms with van der Waals surface area (Å²) in [5, 5.41) is 4.27. The molecule has 33 heavy (non-hydrogen) atoms. The Morgan fingerprint density at radius 2 is 1.79 bits per heavy atom. The minimum atomic E-state index is -0.0192. The quantitative estimate of drug-likeness (QED) is 0.323. The van der Waals surface area contributed by atoms with E-state index in [2.05, 4.69) is 95.8 Å². The summed E-state index contributed by atoms with van der Waals surface area (Å²) in [5.41, 5.74) is 6.01. The minimum absolute atomic E-state index is 0.0192. The van der Waals surface area contributed by atoms with Crippen LogP contribution in [0.15, 0.2) is 85.1 Å². The fraction of sp³-hybridized carbons (Fsp3) is 0.276. The van der Waals surface area contributed by atoms with Gasteiger partial charge in [-0.25, -0.2) is 0 Å². The van der Waals surface area contributed by atoms with Gasteiger partial charge in [-0.2, -0.15) is 0 Å². The number of amides is 1. The average Bonchev–Trinajstić information content (AvgIpc) is 3.19. The highest BCUT2D eigenvalue weighted by Crippen LogP contribution is 2.35. The molecule has 0 fully saturated rings. The zero-order valence-corrected chi connectivity index (χ0v) is 19.5. The molecule has 1 atom stereocenters. The van der Waals surface area contributed by atoms with Crippen LogP contribution >= 0.6 is 0 Å². The molecule has 1 heterocycles. The number of aromatic nitrogens is 1. The molecule has 4 nitrogen and oxygen atoms in total. The topological polar surface area (TPSA) is 43.3 Å². The third kappa shape index (κ3) is 5.71. The van der Waals surface area contributed by atoms with Crippen molar-refractivity contribution in [1.82, 2.24) is 9.88 Å². The van der Waals surface area contributed by atoms with Crippen LogP contribution in [0.5, 0.6) is 0 Å². The molecule has 4 heteroatoms. The van der Waals surface area contributed by atoms with Gasteiger partial charge in [-0.1, -0.05) is 78.4 Å². The lowest BCUT2D eigenvalue weighted by molar-refractivity contribution is -0.121. The van der Waals surface area contributed by atoms with E-state index in [0.29, 0.717) is 19.6 Å². The van der Waals surface area contributed by atoms with Crippen LogP contribution in [-0.4, -0.2) is 30.7 Å². The molecule has 1 amide bonds. The number of aryl methyl sites for hydroxylation is 1. The molecule has 0 saturated heterocycles. The van der Waals surface area contributed by atoms with E-state index in [1.54, 1.807) is 7.11 Å². The van der Waals surface area contributed by atoms with Crippen LogP contribution in [0.1, 0.15) is 41.0 Å². The van der Waals surface area contributed by atoms with Gasteiger partial charge in [0, 0.05) is 56.2 Å². The number of ether oxygens (including phenoxy) is 1. The second-order valence-electron chi connectivity index (χ2n) is 8.58. The van der Waals surface area contributed by atoms with E-state index in [-0.39, 0.29) is 11.8 Å². The number of nitrogens with zero attached hydrogens (tertiary/aromatic N) is 1. The number of hydrogen-bond donors (Lipinski definition) is 1. The van der Waals surface area contributed by atoms with Gasteiger partial charge in [0.25, 0.3) is 0 Å². The van der Waals surface area contributed by atoms with Crippen molar-refractivity contribution < 1.29 is 9.53 Å². The molecule has 4 aromatic rings. The van der Waals surface area contributed by atoms with E-state index in [9.17, 15) is 4.79 Å². The van der Waals surface area contributed by atoms with Gasteiger partial charge in [-0.05, 0) is 36.1 Å². The number of carbonyl (C=O) groups is 1. The summed E-state index contributed by atoms with van der Waals surface area (Å²) >= 11 is 0. The summed E-state index contributed by atoms with van der Waals surface area (Å²) in [7, 11) is 1.68. The second kappa shape index (κ2) is 11.0. The van der Waals surface area contributed by atoms with Gasteiger partial charge in [0.05, 0.1) is 0 Å². The summed E-state index contributed by atoms with van der Waals surface area (Å²) in [6, 6.07) is 27.5. The van der Waals surface area contributed by atoms with Crippen LogP contribution in [0.2, 0.25) is 0 Å². The molecule has 0 spiro atoms. The summed E-state index contributed by atoms with van der Waals surface area (Å²) in [6.45, 7) is 4.17. The molecule has 0 radical (unpaired) electrons. The molecule has 0 aliphatic rings. The van der Waals surface area contributed by atoms with Crippen molar-refractivity contribution in [1.29, 1.82) is 0 Å². The smallest absolute Gasteiger partial charge is 0.220 e. The standard InChI is InChI=1S/C29H32N2O2/c1-22-10-8-13-24(18-22)26(19-29(32)30-16-9-17-33-2)27-21-31(20-23-11-4-3-5-12-23)28-15-7-6-14-25(27)28/h3-8,10-15,18,21,26H,9,16-17,19-20H2,1-2H3,(H,30,32). The number of carbonyl (C=O) groups excluding carboxylic acids is 1. The molecule has 0 aliphatic heterocycles. The normalized spacial score (nSPS) is 12.1. The van der Waals surface area contributed by atoms with Crippen molar-refractivity contribution in [3.8, 4) is 0 Å². The SMILES string of the molecule is COCCCNC(=O)CC(c1cccc(C)c1)c1cn(Cc2ccccc2)c2ccccc12. The number of hydrogen-bond acceptors (Lipinski definition) is 2. The van der Waals surface area contributed by atoms with Crippen LogP contribution in [0.25, 0.3) is 10.9 Å². The molecule has 0 bridgehead atoms. The van der Waals surface area contributed by atoms with Crippen LogP contribution in [0, 0.1) is 6.92 Å². The highest BCUT2D eigenvalue weighted by atomic mass is 16.5. The van der Waals surface area contributed by atoms with Gasteiger partial charge in [0.15, 0.2) is 0 Å². The number of rotatable bonds is 10. The monoisotopic (exact) mass is 440 g/mol. The zero-order chi connectivity index (χ0) is 23.0. The molecule has 0 saturated carbocycles. The second-order valence-corrected chi connectivity index (χ2v) is 8.58. The molecule has 3 aromatic carbocycles. The maximum atomic E-state index is 12.9. The number of benzene rings is 3. The Kier molecular flexibility index (Phi) is 7.59. The molecule has 4 rings (SSSR count). The first-order valence-corrected chi connectivity index (χ1v) is 11.6. The number of nitrogens with one attached hydrogen (secondary N) is 1. The fourth-order valence-corrected chi connectivity index (χ4v) is 4.46. The fourth-order valence-electron chi connectivity index (χ4n) is 4.46. The Balaban J connectivity index is 1.70. The Labute approximate surface area is 196 Å². The van der Waals surface area contributed by atoms with E-state index >= 15 is 0 Å². The summed E-state index contributed by atoms with van der Waals surface area (Å²) < 4.78 is 7.41. The van der Waals surface area contributed by atoms with E-state index in [4.69, 9.17) is 4.74 Å². The first-order chi connectivity index (χ1) is 16.2. The Bertz CT molecular complexity index is 1200. The molecule has 170 valence electrons. The maximum absolute atomic E-state index is 12.9. The lowest BCUT2D eigenvalue weighted by Crippen LogP contribution is -2.27. The summed E-state index contributed by atoms with van der Waals surface area (Å²) in [5.74, 6) is 0.0479. The third-order valence-electron chi connectivity index (χ3n) is 6.07. The van der Waals surface area contributed by atoms with Gasteiger partial charge >= 0.3 is 0 Å². The Hall–Kier alpha value is -3.37. The van der Waals surface area contributed by atoms with Crippen molar-refractivity contribution >= 4 is 16.8 Å². The molecule has 1 unspecified atom stereocenters. The lowest BCUT2D eigenvalue weighted by Gasteiger charge is -2.18. The first-order valence-electron chi connectivity index (χ1n) is 11.6. The van der Waals surface area contributed by atoms with Gasteiger partial charge in [0.1, 0.15) is 0 Å². The van der Waals surface area contributed by atoms with E-state index in [0.717, 1.165) is 13.0 Å². The van der Waals surface area contributed by atoms with Crippen LogP contribution in [0.4, 0.5) is 0 Å². The number of fused-ring (bicyclic) bond motifs is 1. The van der Waals surface area contributed by atoms with Gasteiger partial charge in [-0.3, -0.25) is 4.79 Å². The lowest BCUT2D eigenvalue weighted by atomic mass is 9.87. The minimum Gasteiger partial charge on any atom is -0.385 e. The van der Waals surface area contributed by atoms with Gasteiger partial charge < -0.3 is 14.6 Å². The van der Waals surface area contributed by atoms with E-state index in [1.165, 1.54) is 33.2 Å². The molecule has 0 aliphatic carbocycles. The van der Waals surface area contributed by atoms with Gasteiger partial charge in [0.2, 0.25) is 5.91 Å². The van der Waals surface area contributed by atoms with E-state index in [1.807, 2.05) is 6.07 Å². The van der Waals surface area contributed by atoms with Crippen molar-refractivity contribution in [2.24, 2.45) is 0 Å². The van der Waals surface area contributed by atoms with E-state index < -0.39 is 0 Å². The van der Waals surface area contributed by atoms with Crippen LogP contribution in [0.3, 0.4) is 0 Å². The molecular weight excluding hydrogens is 408 g/mol. The first kappa shape index (κ1) is 22.8. The van der Waals surface area contributed by atoms with Crippen molar-refractivity contribution in [2.75, 3.05) is 20.3 Å². The van der Waals surface area contributed by atoms with Crippen LogP contribution < -0.4 is 5.32 Å². The summed E-state index contributed by atoms with van der Waals surface area (Å²) in [6.07, 6.45) is 3.46. The highest BCUT2D eigenvalue weighted by Gasteiger charge is 2.23. The highest BCUT2D eigenvalue weighted by molar-refractivity contribution is 5.86.